The highest BCUT2D eigenvalue weighted by molar-refractivity contribution is 7.17. The van der Waals surface area contributed by atoms with Crippen LogP contribution in [0.2, 0.25) is 0 Å². The summed E-state index contributed by atoms with van der Waals surface area (Å²) in [6, 6.07) is 20.2. The van der Waals surface area contributed by atoms with Crippen molar-refractivity contribution < 1.29 is 14.0 Å². The molecule has 7 heteroatoms. The number of aromatic nitrogens is 1. The fourth-order valence-electron chi connectivity index (χ4n) is 4.76. The summed E-state index contributed by atoms with van der Waals surface area (Å²) in [5, 5.41) is 5.14. The lowest BCUT2D eigenvalue weighted by molar-refractivity contribution is -0.127. The van der Waals surface area contributed by atoms with Gasteiger partial charge in [0.15, 0.2) is 0 Å². The van der Waals surface area contributed by atoms with Gasteiger partial charge in [-0.3, -0.25) is 9.59 Å². The first kappa shape index (κ1) is 23.3. The Morgan fingerprint density at radius 3 is 2.49 bits per heavy atom. The summed E-state index contributed by atoms with van der Waals surface area (Å²) in [4.78, 5) is 28.2. The van der Waals surface area contributed by atoms with Gasteiger partial charge in [0.05, 0.1) is 16.3 Å². The van der Waals surface area contributed by atoms with Gasteiger partial charge in [-0.2, -0.15) is 0 Å². The minimum Gasteiger partial charge on any atom is -0.349 e. The topological polar surface area (TPSA) is 54.3 Å². The predicted octanol–water partition coefficient (Wildman–Crippen LogP) is 5.62. The lowest BCUT2D eigenvalue weighted by Gasteiger charge is -2.32. The first-order valence-electron chi connectivity index (χ1n) is 12.0. The summed E-state index contributed by atoms with van der Waals surface area (Å²) < 4.78 is 16.4. The second kappa shape index (κ2) is 10.0. The Hall–Kier alpha value is -3.45. The maximum Gasteiger partial charge on any atom is 0.270 e. The maximum atomic E-state index is 13.5. The number of fused-ring (bicyclic) bond motifs is 1. The zero-order valence-corrected chi connectivity index (χ0v) is 20.4. The van der Waals surface area contributed by atoms with E-state index < -0.39 is 0 Å². The minimum atomic E-state index is -0.275. The molecule has 2 amide bonds. The van der Waals surface area contributed by atoms with Crippen LogP contribution in [-0.2, 0) is 11.3 Å². The molecule has 0 radical (unpaired) electrons. The van der Waals surface area contributed by atoms with E-state index in [9.17, 15) is 14.0 Å². The molecule has 35 heavy (non-hydrogen) atoms. The quantitative estimate of drug-likeness (QED) is 0.382. The molecule has 2 aromatic heterocycles. The van der Waals surface area contributed by atoms with Crippen LogP contribution in [0.15, 0.2) is 72.1 Å². The monoisotopic (exact) mass is 489 g/mol. The number of carbonyl (C=O) groups excluding carboxylic acids is 2. The summed E-state index contributed by atoms with van der Waals surface area (Å²) in [5.74, 6) is -0.344. The normalized spacial score (nSPS) is 15.3. The number of carbonyl (C=O) groups is 2. The molecule has 4 aromatic rings. The van der Waals surface area contributed by atoms with E-state index in [1.165, 1.54) is 12.1 Å². The van der Waals surface area contributed by atoms with Crippen molar-refractivity contribution in [2.75, 3.05) is 13.1 Å². The summed E-state index contributed by atoms with van der Waals surface area (Å²) in [7, 11) is 0. The summed E-state index contributed by atoms with van der Waals surface area (Å²) >= 11 is 1.60. The van der Waals surface area contributed by atoms with Gasteiger partial charge < -0.3 is 14.8 Å². The highest BCUT2D eigenvalue weighted by Gasteiger charge is 2.30. The van der Waals surface area contributed by atoms with Crippen LogP contribution in [0.25, 0.3) is 10.2 Å². The van der Waals surface area contributed by atoms with E-state index in [-0.39, 0.29) is 29.6 Å². The number of hydrogen-bond donors (Lipinski definition) is 1. The minimum absolute atomic E-state index is 0.0213. The maximum absolute atomic E-state index is 13.5. The van der Waals surface area contributed by atoms with E-state index in [4.69, 9.17) is 0 Å². The van der Waals surface area contributed by atoms with Gasteiger partial charge in [0, 0.05) is 25.6 Å². The molecule has 5 nitrogen and oxygen atoms in total. The van der Waals surface area contributed by atoms with Crippen LogP contribution in [0.4, 0.5) is 4.39 Å². The molecule has 180 valence electrons. The molecule has 0 spiro atoms. The SMILES string of the molecule is C[C@@H](NC(=O)C1CCN(C(=O)c2cc3sccc3n2Cc2ccc(F)cc2)CC1)c1ccccc1. The van der Waals surface area contributed by atoms with Crippen molar-refractivity contribution in [3.05, 3.63) is 94.7 Å². The number of likely N-dealkylation sites (tertiary alicyclic amines) is 1. The Kier molecular flexibility index (Phi) is 6.68. The lowest BCUT2D eigenvalue weighted by Crippen LogP contribution is -2.43. The van der Waals surface area contributed by atoms with Crippen LogP contribution < -0.4 is 5.32 Å². The fraction of sp³-hybridized carbons (Fsp3) is 0.286. The Morgan fingerprint density at radius 2 is 1.77 bits per heavy atom. The number of nitrogens with one attached hydrogen (secondary N) is 1. The summed E-state index contributed by atoms with van der Waals surface area (Å²) in [6.45, 7) is 3.59. The molecule has 1 N–H and O–H groups in total. The van der Waals surface area contributed by atoms with Gasteiger partial charge in [-0.15, -0.1) is 11.3 Å². The Balaban J connectivity index is 1.25. The van der Waals surface area contributed by atoms with Gasteiger partial charge in [0.25, 0.3) is 5.91 Å². The highest BCUT2D eigenvalue weighted by atomic mass is 32.1. The first-order chi connectivity index (χ1) is 17.0. The van der Waals surface area contributed by atoms with E-state index >= 15 is 0 Å². The molecule has 1 saturated heterocycles. The zero-order chi connectivity index (χ0) is 24.4. The standard InChI is InChI=1S/C28H28FN3O2S/c1-19(21-5-3-2-4-6-21)30-27(33)22-11-14-31(15-12-22)28(34)25-17-26-24(13-16-35-26)32(25)18-20-7-9-23(29)10-8-20/h2-10,13,16-17,19,22H,11-12,14-15,18H2,1H3,(H,30,33)/t19-/m1/s1. The van der Waals surface area contributed by atoms with Crippen LogP contribution >= 0.6 is 11.3 Å². The number of rotatable bonds is 6. The zero-order valence-electron chi connectivity index (χ0n) is 19.6. The molecular formula is C28H28FN3O2S. The number of halogens is 1. The van der Waals surface area contributed by atoms with E-state index in [0.717, 1.165) is 21.3 Å². The van der Waals surface area contributed by atoms with E-state index in [1.807, 2.05) is 64.2 Å². The summed E-state index contributed by atoms with van der Waals surface area (Å²) in [6.07, 6.45) is 1.29. The highest BCUT2D eigenvalue weighted by Crippen LogP contribution is 2.28. The smallest absolute Gasteiger partial charge is 0.270 e. The van der Waals surface area contributed by atoms with Crippen molar-refractivity contribution in [1.29, 1.82) is 0 Å². The van der Waals surface area contributed by atoms with Crippen LogP contribution in [0.3, 0.4) is 0 Å². The van der Waals surface area contributed by atoms with Crippen molar-refractivity contribution in [1.82, 2.24) is 14.8 Å². The van der Waals surface area contributed by atoms with E-state index in [0.29, 0.717) is 38.2 Å². The van der Waals surface area contributed by atoms with E-state index in [2.05, 4.69) is 5.32 Å². The Morgan fingerprint density at radius 1 is 1.06 bits per heavy atom. The molecule has 0 saturated carbocycles. The third-order valence-electron chi connectivity index (χ3n) is 6.81. The molecule has 1 atom stereocenters. The van der Waals surface area contributed by atoms with Gasteiger partial charge in [0.2, 0.25) is 5.91 Å². The van der Waals surface area contributed by atoms with Crippen LogP contribution in [0, 0.1) is 11.7 Å². The molecule has 1 fully saturated rings. The molecule has 1 aliphatic rings. The second-order valence-electron chi connectivity index (χ2n) is 9.12. The molecular weight excluding hydrogens is 461 g/mol. The van der Waals surface area contributed by atoms with Crippen LogP contribution in [-0.4, -0.2) is 34.4 Å². The largest absolute Gasteiger partial charge is 0.349 e. The Labute approximate surface area is 208 Å². The third kappa shape index (κ3) is 5.00. The molecule has 5 rings (SSSR count). The first-order valence-corrected chi connectivity index (χ1v) is 12.8. The molecule has 2 aromatic carbocycles. The van der Waals surface area contributed by atoms with E-state index in [1.54, 1.807) is 23.5 Å². The van der Waals surface area contributed by atoms with Crippen LogP contribution in [0.5, 0.6) is 0 Å². The average Bonchev–Trinajstić information content (AvgIpc) is 3.48. The van der Waals surface area contributed by atoms with Gasteiger partial charge >= 0.3 is 0 Å². The number of nitrogens with zero attached hydrogens (tertiary/aromatic N) is 2. The number of thiophene rings is 1. The predicted molar refractivity (Wildman–Crippen MR) is 137 cm³/mol. The van der Waals surface area contributed by atoms with Crippen LogP contribution in [0.1, 0.15) is 47.4 Å². The van der Waals surface area contributed by atoms with Gasteiger partial charge in [-0.05, 0) is 60.5 Å². The number of piperidine rings is 1. The van der Waals surface area contributed by atoms with Crippen molar-refractivity contribution in [2.45, 2.75) is 32.4 Å². The third-order valence-corrected chi connectivity index (χ3v) is 7.66. The fourth-order valence-corrected chi connectivity index (χ4v) is 5.58. The van der Waals surface area contributed by atoms with Crippen molar-refractivity contribution in [2.24, 2.45) is 5.92 Å². The molecule has 0 unspecified atom stereocenters. The van der Waals surface area contributed by atoms with Gasteiger partial charge in [0.1, 0.15) is 11.5 Å². The Bertz CT molecular complexity index is 1320. The molecule has 0 bridgehead atoms. The average molecular weight is 490 g/mol. The number of amides is 2. The summed E-state index contributed by atoms with van der Waals surface area (Å²) in [5.41, 5.74) is 3.66. The molecule has 3 heterocycles. The van der Waals surface area contributed by atoms with Crippen molar-refractivity contribution >= 4 is 33.4 Å². The number of benzene rings is 2. The molecule has 1 aliphatic heterocycles. The van der Waals surface area contributed by atoms with Crippen molar-refractivity contribution in [3.8, 4) is 0 Å². The molecule has 0 aliphatic carbocycles. The lowest BCUT2D eigenvalue weighted by atomic mass is 9.95. The van der Waals surface area contributed by atoms with Crippen molar-refractivity contribution in [3.63, 3.8) is 0 Å². The number of hydrogen-bond acceptors (Lipinski definition) is 3. The van der Waals surface area contributed by atoms with Gasteiger partial charge in [-0.25, -0.2) is 4.39 Å². The van der Waals surface area contributed by atoms with Gasteiger partial charge in [-0.1, -0.05) is 42.5 Å². The second-order valence-corrected chi connectivity index (χ2v) is 10.1.